The second kappa shape index (κ2) is 5.85. The summed E-state index contributed by atoms with van der Waals surface area (Å²) in [7, 11) is -1.79. The first-order valence-electron chi connectivity index (χ1n) is 5.41. The third-order valence-electron chi connectivity index (χ3n) is 2.46. The van der Waals surface area contributed by atoms with Crippen molar-refractivity contribution in [2.45, 2.75) is 25.2 Å². The van der Waals surface area contributed by atoms with Crippen LogP contribution in [0.5, 0.6) is 0 Å². The lowest BCUT2D eigenvalue weighted by atomic mass is 10.2. The van der Waals surface area contributed by atoms with Gasteiger partial charge in [0.2, 0.25) is 10.0 Å². The Labute approximate surface area is 104 Å². The third kappa shape index (κ3) is 3.58. The van der Waals surface area contributed by atoms with E-state index in [1.54, 1.807) is 38.2 Å². The molecule has 1 aromatic carbocycles. The van der Waals surface area contributed by atoms with Gasteiger partial charge in [0.25, 0.3) is 0 Å². The molecule has 0 atom stereocenters. The van der Waals surface area contributed by atoms with Gasteiger partial charge in [-0.05, 0) is 26.0 Å². The molecule has 4 heteroatoms. The van der Waals surface area contributed by atoms with E-state index in [2.05, 4.69) is 11.8 Å². The third-order valence-corrected chi connectivity index (χ3v) is 4.33. The van der Waals surface area contributed by atoms with E-state index in [1.165, 1.54) is 4.31 Å². The molecule has 0 aliphatic rings. The van der Waals surface area contributed by atoms with Crippen molar-refractivity contribution < 1.29 is 8.42 Å². The van der Waals surface area contributed by atoms with Gasteiger partial charge >= 0.3 is 0 Å². The molecule has 0 aromatic heterocycles. The smallest absolute Gasteiger partial charge is 0.207 e. The minimum absolute atomic E-state index is 0.329. The highest BCUT2D eigenvalue weighted by Gasteiger charge is 2.19. The van der Waals surface area contributed by atoms with Crippen LogP contribution in [0.3, 0.4) is 0 Å². The Balaban J connectivity index is 2.86. The molecule has 0 spiro atoms. The maximum atomic E-state index is 12.1. The zero-order valence-electron chi connectivity index (χ0n) is 10.4. The number of benzene rings is 1. The van der Waals surface area contributed by atoms with E-state index in [1.807, 2.05) is 6.92 Å². The molecule has 92 valence electrons. The first kappa shape index (κ1) is 13.8. The van der Waals surface area contributed by atoms with Crippen molar-refractivity contribution in [3.05, 3.63) is 29.8 Å². The molecule has 0 bridgehead atoms. The fraction of sp³-hybridized carbons (Fsp3) is 0.385. The van der Waals surface area contributed by atoms with E-state index < -0.39 is 10.0 Å². The first-order chi connectivity index (χ1) is 7.98. The Hall–Kier alpha value is -1.31. The number of rotatable bonds is 4. The van der Waals surface area contributed by atoms with Crippen LogP contribution in [0, 0.1) is 18.8 Å². The minimum Gasteiger partial charge on any atom is -0.207 e. The highest BCUT2D eigenvalue weighted by atomic mass is 32.2. The van der Waals surface area contributed by atoms with Gasteiger partial charge in [0, 0.05) is 20.0 Å². The molecular formula is C13H17NO2S. The fourth-order valence-corrected chi connectivity index (χ4v) is 2.52. The Kier molecular flexibility index (Phi) is 4.73. The number of aryl methyl sites for hydroxylation is 1. The van der Waals surface area contributed by atoms with Crippen LogP contribution in [0.2, 0.25) is 0 Å². The highest BCUT2D eigenvalue weighted by molar-refractivity contribution is 7.89. The van der Waals surface area contributed by atoms with Crippen LogP contribution in [0.15, 0.2) is 29.2 Å². The monoisotopic (exact) mass is 251 g/mol. The van der Waals surface area contributed by atoms with Crippen LogP contribution >= 0.6 is 0 Å². The van der Waals surface area contributed by atoms with Gasteiger partial charge in [-0.3, -0.25) is 0 Å². The van der Waals surface area contributed by atoms with Gasteiger partial charge in [0.15, 0.2) is 0 Å². The minimum atomic E-state index is -3.37. The van der Waals surface area contributed by atoms with Gasteiger partial charge in [0.1, 0.15) is 0 Å². The Morgan fingerprint density at radius 3 is 2.35 bits per heavy atom. The van der Waals surface area contributed by atoms with Gasteiger partial charge in [-0.1, -0.05) is 17.7 Å². The summed E-state index contributed by atoms with van der Waals surface area (Å²) in [6.45, 7) is 4.09. The molecule has 0 radical (unpaired) electrons. The van der Waals surface area contributed by atoms with Crippen molar-refractivity contribution in [2.75, 3.05) is 13.6 Å². The molecule has 0 aliphatic heterocycles. The quantitative estimate of drug-likeness (QED) is 0.768. The molecule has 0 heterocycles. The van der Waals surface area contributed by atoms with Crippen molar-refractivity contribution in [3.63, 3.8) is 0 Å². The van der Waals surface area contributed by atoms with Gasteiger partial charge in [-0.15, -0.1) is 11.8 Å². The maximum absolute atomic E-state index is 12.1. The Bertz CT molecular complexity index is 521. The molecule has 0 aliphatic carbocycles. The van der Waals surface area contributed by atoms with Crippen LogP contribution in [0.4, 0.5) is 0 Å². The fourth-order valence-electron chi connectivity index (χ4n) is 1.35. The number of sulfonamides is 1. The van der Waals surface area contributed by atoms with E-state index in [0.29, 0.717) is 17.9 Å². The molecule has 3 nitrogen and oxygen atoms in total. The molecule has 17 heavy (non-hydrogen) atoms. The predicted molar refractivity (Wildman–Crippen MR) is 69.1 cm³/mol. The normalized spacial score (nSPS) is 11.1. The van der Waals surface area contributed by atoms with Crippen LogP contribution in [0.1, 0.15) is 18.9 Å². The standard InChI is InChI=1S/C13H17NO2S/c1-4-5-6-11-14(3)17(15,16)13-9-7-12(2)8-10-13/h7-10H,6,11H2,1-3H3. The van der Waals surface area contributed by atoms with E-state index in [9.17, 15) is 8.42 Å². The van der Waals surface area contributed by atoms with Gasteiger partial charge < -0.3 is 0 Å². The first-order valence-corrected chi connectivity index (χ1v) is 6.85. The topological polar surface area (TPSA) is 37.4 Å². The van der Waals surface area contributed by atoms with Crippen LogP contribution < -0.4 is 0 Å². The Morgan fingerprint density at radius 2 is 1.82 bits per heavy atom. The van der Waals surface area contributed by atoms with Crippen molar-refractivity contribution in [1.29, 1.82) is 0 Å². The average molecular weight is 251 g/mol. The van der Waals surface area contributed by atoms with Gasteiger partial charge in [-0.2, -0.15) is 4.31 Å². The zero-order valence-corrected chi connectivity index (χ0v) is 11.2. The molecule has 0 amide bonds. The van der Waals surface area contributed by atoms with E-state index in [4.69, 9.17) is 0 Å². The van der Waals surface area contributed by atoms with E-state index in [-0.39, 0.29) is 0 Å². The molecule has 0 N–H and O–H groups in total. The van der Waals surface area contributed by atoms with Gasteiger partial charge in [-0.25, -0.2) is 8.42 Å². The van der Waals surface area contributed by atoms with Gasteiger partial charge in [0.05, 0.1) is 4.90 Å². The van der Waals surface area contributed by atoms with Crippen molar-refractivity contribution >= 4 is 10.0 Å². The van der Waals surface area contributed by atoms with E-state index in [0.717, 1.165) is 5.56 Å². The predicted octanol–water partition coefficient (Wildman–Crippen LogP) is 2.03. The summed E-state index contributed by atoms with van der Waals surface area (Å²) in [5.41, 5.74) is 1.04. The number of hydrogen-bond donors (Lipinski definition) is 0. The molecular weight excluding hydrogens is 234 g/mol. The molecule has 0 unspecified atom stereocenters. The Morgan fingerprint density at radius 1 is 1.24 bits per heavy atom. The summed E-state index contributed by atoms with van der Waals surface area (Å²) in [5, 5.41) is 0. The van der Waals surface area contributed by atoms with Crippen molar-refractivity contribution in [3.8, 4) is 11.8 Å². The second-order valence-corrected chi connectivity index (χ2v) is 5.86. The summed E-state index contributed by atoms with van der Waals surface area (Å²) in [6, 6.07) is 6.86. The summed E-state index contributed by atoms with van der Waals surface area (Å²) in [5.74, 6) is 5.61. The summed E-state index contributed by atoms with van der Waals surface area (Å²) >= 11 is 0. The van der Waals surface area contributed by atoms with Crippen molar-refractivity contribution in [1.82, 2.24) is 4.31 Å². The molecule has 1 aromatic rings. The lowest BCUT2D eigenvalue weighted by molar-refractivity contribution is 0.477. The summed E-state index contributed by atoms with van der Waals surface area (Å²) in [4.78, 5) is 0.329. The van der Waals surface area contributed by atoms with Crippen molar-refractivity contribution in [2.24, 2.45) is 0 Å². The van der Waals surface area contributed by atoms with Crippen LogP contribution in [0.25, 0.3) is 0 Å². The second-order valence-electron chi connectivity index (χ2n) is 3.82. The summed E-state index contributed by atoms with van der Waals surface area (Å²) < 4.78 is 25.6. The van der Waals surface area contributed by atoms with Crippen LogP contribution in [-0.2, 0) is 10.0 Å². The highest BCUT2D eigenvalue weighted by Crippen LogP contribution is 2.14. The number of hydrogen-bond acceptors (Lipinski definition) is 2. The largest absolute Gasteiger partial charge is 0.242 e. The lowest BCUT2D eigenvalue weighted by Gasteiger charge is -2.15. The summed E-state index contributed by atoms with van der Waals surface area (Å²) in [6.07, 6.45) is 0.554. The molecule has 0 saturated carbocycles. The SMILES string of the molecule is CC#CCCN(C)S(=O)(=O)c1ccc(C)cc1. The van der Waals surface area contributed by atoms with E-state index >= 15 is 0 Å². The number of nitrogens with zero attached hydrogens (tertiary/aromatic N) is 1. The molecule has 0 saturated heterocycles. The molecule has 1 rings (SSSR count). The zero-order chi connectivity index (χ0) is 12.9. The average Bonchev–Trinajstić information content (AvgIpc) is 2.29. The van der Waals surface area contributed by atoms with Crippen LogP contribution in [-0.4, -0.2) is 26.3 Å². The molecule has 0 fully saturated rings. The lowest BCUT2D eigenvalue weighted by Crippen LogP contribution is -2.27. The maximum Gasteiger partial charge on any atom is 0.242 e.